The van der Waals surface area contributed by atoms with Crippen LogP contribution in [0.3, 0.4) is 0 Å². The van der Waals surface area contributed by atoms with Crippen LogP contribution >= 0.6 is 11.3 Å². The highest BCUT2D eigenvalue weighted by atomic mass is 32.1. The minimum absolute atomic E-state index is 0.121. The summed E-state index contributed by atoms with van der Waals surface area (Å²) >= 11 is 1.66. The van der Waals surface area contributed by atoms with Crippen LogP contribution in [0.2, 0.25) is 0 Å². The lowest BCUT2D eigenvalue weighted by atomic mass is 10.00. The van der Waals surface area contributed by atoms with Crippen LogP contribution in [0.4, 0.5) is 0 Å². The lowest BCUT2D eigenvalue weighted by molar-refractivity contribution is -0.0368. The highest BCUT2D eigenvalue weighted by molar-refractivity contribution is 7.11. The molecule has 0 amide bonds. The number of hydrogen-bond donors (Lipinski definition) is 1. The van der Waals surface area contributed by atoms with Gasteiger partial charge in [0, 0.05) is 18.4 Å². The third-order valence-electron chi connectivity index (χ3n) is 2.77. The van der Waals surface area contributed by atoms with Gasteiger partial charge in [-0.25, -0.2) is 4.98 Å². The number of aromatic nitrogens is 1. The van der Waals surface area contributed by atoms with Crippen molar-refractivity contribution in [2.24, 2.45) is 5.92 Å². The number of aliphatic hydroxyl groups is 1. The molecule has 1 aromatic heterocycles. The van der Waals surface area contributed by atoms with E-state index in [-0.39, 0.29) is 6.10 Å². The molecule has 0 spiro atoms. The van der Waals surface area contributed by atoms with Crippen molar-refractivity contribution in [1.29, 1.82) is 0 Å². The smallest absolute Gasteiger partial charge is 0.0957 e. The number of hydrogen-bond acceptors (Lipinski definition) is 4. The van der Waals surface area contributed by atoms with E-state index in [2.05, 4.69) is 25.8 Å². The van der Waals surface area contributed by atoms with E-state index in [4.69, 9.17) is 4.74 Å². The van der Waals surface area contributed by atoms with Gasteiger partial charge in [-0.15, -0.1) is 11.3 Å². The van der Waals surface area contributed by atoms with Gasteiger partial charge >= 0.3 is 0 Å². The normalized spacial score (nSPS) is 15.4. The number of aliphatic hydroxyl groups excluding tert-OH is 1. The molecule has 0 aliphatic rings. The van der Waals surface area contributed by atoms with Gasteiger partial charge in [0.15, 0.2) is 0 Å². The van der Waals surface area contributed by atoms with Gasteiger partial charge in [-0.2, -0.15) is 0 Å². The second-order valence-electron chi connectivity index (χ2n) is 4.47. The predicted molar refractivity (Wildman–Crippen MR) is 66.9 cm³/mol. The van der Waals surface area contributed by atoms with Crippen LogP contribution in [0.25, 0.3) is 0 Å². The van der Waals surface area contributed by atoms with E-state index >= 15 is 0 Å². The number of rotatable bonds is 5. The molecule has 1 rings (SSSR count). The van der Waals surface area contributed by atoms with Crippen molar-refractivity contribution >= 4 is 11.3 Å². The second kappa shape index (κ2) is 5.75. The fourth-order valence-electron chi connectivity index (χ4n) is 1.80. The van der Waals surface area contributed by atoms with Gasteiger partial charge in [-0.1, -0.05) is 13.8 Å². The Morgan fingerprint density at radius 1 is 1.38 bits per heavy atom. The first kappa shape index (κ1) is 13.6. The minimum Gasteiger partial charge on any atom is -0.390 e. The van der Waals surface area contributed by atoms with E-state index in [1.807, 2.05) is 6.92 Å². The molecule has 1 aromatic rings. The van der Waals surface area contributed by atoms with Gasteiger partial charge in [0.05, 0.1) is 22.9 Å². The molecule has 92 valence electrons. The van der Waals surface area contributed by atoms with Gasteiger partial charge in [0.1, 0.15) is 0 Å². The summed E-state index contributed by atoms with van der Waals surface area (Å²) in [5, 5.41) is 11.1. The van der Waals surface area contributed by atoms with E-state index < -0.39 is 6.10 Å². The molecule has 4 heteroatoms. The molecular formula is C12H21NO2S. The summed E-state index contributed by atoms with van der Waals surface area (Å²) in [6.45, 7) is 8.16. The Labute approximate surface area is 101 Å². The fourth-order valence-corrected chi connectivity index (χ4v) is 2.78. The zero-order valence-corrected chi connectivity index (χ0v) is 11.5. The molecule has 0 saturated heterocycles. The highest BCUT2D eigenvalue weighted by Gasteiger charge is 2.23. The van der Waals surface area contributed by atoms with Crippen LogP contribution in [0.15, 0.2) is 0 Å². The van der Waals surface area contributed by atoms with E-state index in [0.717, 1.165) is 10.7 Å². The lowest BCUT2D eigenvalue weighted by Gasteiger charge is -2.24. The zero-order valence-electron chi connectivity index (χ0n) is 10.7. The molecule has 0 aromatic carbocycles. The summed E-state index contributed by atoms with van der Waals surface area (Å²) in [6.07, 6.45) is -0.0183. The number of ether oxygens (including phenoxy) is 1. The van der Waals surface area contributed by atoms with E-state index in [1.54, 1.807) is 18.4 Å². The Morgan fingerprint density at radius 3 is 2.38 bits per heavy atom. The summed E-state index contributed by atoms with van der Waals surface area (Å²) < 4.78 is 5.31. The molecule has 2 unspecified atom stereocenters. The topological polar surface area (TPSA) is 42.4 Å². The van der Waals surface area contributed by atoms with Crippen LogP contribution in [0, 0.1) is 19.8 Å². The Morgan fingerprint density at radius 2 is 2.00 bits per heavy atom. The first-order valence-corrected chi connectivity index (χ1v) is 6.41. The average Bonchev–Trinajstić information content (AvgIpc) is 2.45. The maximum atomic E-state index is 10.1. The number of aryl methyl sites for hydroxylation is 2. The second-order valence-corrected chi connectivity index (χ2v) is 5.75. The average molecular weight is 243 g/mol. The molecule has 0 aliphatic carbocycles. The molecule has 0 fully saturated rings. The monoisotopic (exact) mass is 243 g/mol. The molecule has 3 nitrogen and oxygen atoms in total. The standard InChI is InChI=1S/C12H21NO2S/c1-7(2)12(15-5)10(14)6-11-13-8(3)9(4)16-11/h7,10,12,14H,6H2,1-5H3. The quantitative estimate of drug-likeness (QED) is 0.863. The molecule has 0 aliphatic heterocycles. The fraction of sp³-hybridized carbons (Fsp3) is 0.750. The van der Waals surface area contributed by atoms with Crippen molar-refractivity contribution in [1.82, 2.24) is 4.98 Å². The summed E-state index contributed by atoms with van der Waals surface area (Å²) in [7, 11) is 1.65. The van der Waals surface area contributed by atoms with Crippen molar-refractivity contribution in [3.8, 4) is 0 Å². The maximum absolute atomic E-state index is 10.1. The molecular weight excluding hydrogens is 222 g/mol. The molecule has 16 heavy (non-hydrogen) atoms. The van der Waals surface area contributed by atoms with Crippen molar-refractivity contribution in [2.75, 3.05) is 7.11 Å². The van der Waals surface area contributed by atoms with Crippen molar-refractivity contribution in [3.05, 3.63) is 15.6 Å². The Balaban J connectivity index is 2.66. The minimum atomic E-state index is -0.477. The molecule has 0 saturated carbocycles. The molecule has 0 radical (unpaired) electrons. The van der Waals surface area contributed by atoms with Crippen LogP contribution in [0.1, 0.15) is 29.4 Å². The number of methoxy groups -OCH3 is 1. The SMILES string of the molecule is COC(C(C)C)C(O)Cc1nc(C)c(C)s1. The van der Waals surface area contributed by atoms with Gasteiger partial charge in [-0.05, 0) is 19.8 Å². The van der Waals surface area contributed by atoms with Gasteiger partial charge < -0.3 is 9.84 Å². The first-order valence-electron chi connectivity index (χ1n) is 5.59. The number of nitrogens with zero attached hydrogens (tertiary/aromatic N) is 1. The Hall–Kier alpha value is -0.450. The van der Waals surface area contributed by atoms with Crippen LogP contribution in [-0.4, -0.2) is 29.4 Å². The van der Waals surface area contributed by atoms with Crippen LogP contribution in [0.5, 0.6) is 0 Å². The Bertz CT molecular complexity index is 316. The van der Waals surface area contributed by atoms with Gasteiger partial charge in [-0.3, -0.25) is 0 Å². The summed E-state index contributed by atoms with van der Waals surface area (Å²) in [5.74, 6) is 0.308. The highest BCUT2D eigenvalue weighted by Crippen LogP contribution is 2.20. The molecule has 2 atom stereocenters. The van der Waals surface area contributed by atoms with Crippen molar-refractivity contribution in [2.45, 2.75) is 46.3 Å². The predicted octanol–water partition coefficient (Wildman–Crippen LogP) is 2.33. The molecule has 1 heterocycles. The van der Waals surface area contributed by atoms with E-state index in [1.165, 1.54) is 4.88 Å². The van der Waals surface area contributed by atoms with Crippen molar-refractivity contribution < 1.29 is 9.84 Å². The van der Waals surface area contributed by atoms with Gasteiger partial charge in [0.2, 0.25) is 0 Å². The summed E-state index contributed by atoms with van der Waals surface area (Å²) in [6, 6.07) is 0. The molecule has 0 bridgehead atoms. The zero-order chi connectivity index (χ0) is 12.3. The van der Waals surface area contributed by atoms with Crippen molar-refractivity contribution in [3.63, 3.8) is 0 Å². The third-order valence-corrected chi connectivity index (χ3v) is 3.86. The summed E-state index contributed by atoms with van der Waals surface area (Å²) in [5.41, 5.74) is 1.06. The lowest BCUT2D eigenvalue weighted by Crippen LogP contribution is -2.34. The third kappa shape index (κ3) is 3.27. The first-order chi connectivity index (χ1) is 7.45. The van der Waals surface area contributed by atoms with Crippen LogP contribution < -0.4 is 0 Å². The van der Waals surface area contributed by atoms with Gasteiger partial charge in [0.25, 0.3) is 0 Å². The van der Waals surface area contributed by atoms with E-state index in [0.29, 0.717) is 12.3 Å². The molecule has 1 N–H and O–H groups in total. The Kier molecular flexibility index (Phi) is 4.89. The number of thiazole rings is 1. The van der Waals surface area contributed by atoms with E-state index in [9.17, 15) is 5.11 Å². The summed E-state index contributed by atoms with van der Waals surface area (Å²) in [4.78, 5) is 5.65. The van der Waals surface area contributed by atoms with Crippen LogP contribution in [-0.2, 0) is 11.2 Å². The maximum Gasteiger partial charge on any atom is 0.0957 e. The largest absolute Gasteiger partial charge is 0.390 e.